The fourth-order valence-electron chi connectivity index (χ4n) is 2.87. The Hall–Kier alpha value is -1.97. The van der Waals surface area contributed by atoms with Crippen molar-refractivity contribution in [1.82, 2.24) is 24.8 Å². The number of hydrogen-bond donors (Lipinski definition) is 5. The van der Waals surface area contributed by atoms with Gasteiger partial charge in [0.15, 0.2) is 11.5 Å². The maximum absolute atomic E-state index is 10.7. The van der Waals surface area contributed by atoms with Gasteiger partial charge in [-0.15, -0.1) is 0 Å². The molecule has 7 N–H and O–H groups in total. The number of nitrogens with one attached hydrogen (secondary N) is 1. The summed E-state index contributed by atoms with van der Waals surface area (Å²) in [7, 11) is 0. The van der Waals surface area contributed by atoms with Crippen molar-refractivity contribution in [2.24, 2.45) is 0 Å². The lowest BCUT2D eigenvalue weighted by Crippen LogP contribution is -2.40. The molecule has 0 radical (unpaired) electrons. The molecular formula is C12H19N7O2. The Morgan fingerprint density at radius 3 is 2.90 bits per heavy atom. The molecule has 1 aliphatic rings. The van der Waals surface area contributed by atoms with Crippen molar-refractivity contribution in [2.75, 3.05) is 24.6 Å². The van der Waals surface area contributed by atoms with Gasteiger partial charge in [0.25, 0.3) is 0 Å². The molecule has 0 amide bonds. The van der Waals surface area contributed by atoms with Crippen LogP contribution >= 0.6 is 0 Å². The molecule has 2 aromatic rings. The average Bonchev–Trinajstić information content (AvgIpc) is 2.71. The molecule has 21 heavy (non-hydrogen) atoms. The fraction of sp³-hybridized carbons (Fsp3) is 0.583. The average molecular weight is 293 g/mol. The molecule has 2 aromatic heterocycles. The van der Waals surface area contributed by atoms with E-state index in [2.05, 4.69) is 20.3 Å². The molecule has 0 spiro atoms. The monoisotopic (exact) mass is 293 g/mol. The molecule has 3 rings (SSSR count). The Morgan fingerprint density at radius 2 is 2.14 bits per heavy atom. The van der Waals surface area contributed by atoms with Crippen molar-refractivity contribution in [3.05, 3.63) is 6.33 Å². The van der Waals surface area contributed by atoms with Gasteiger partial charge in [-0.2, -0.15) is 9.97 Å². The second-order valence-corrected chi connectivity index (χ2v) is 5.68. The van der Waals surface area contributed by atoms with Gasteiger partial charge in [0.2, 0.25) is 5.95 Å². The van der Waals surface area contributed by atoms with Gasteiger partial charge >= 0.3 is 0 Å². The van der Waals surface area contributed by atoms with Crippen LogP contribution in [0.2, 0.25) is 0 Å². The van der Waals surface area contributed by atoms with E-state index in [1.807, 2.05) is 0 Å². The maximum atomic E-state index is 10.7. The fourth-order valence-corrected chi connectivity index (χ4v) is 2.87. The van der Waals surface area contributed by atoms with Crippen LogP contribution in [-0.4, -0.2) is 54.5 Å². The van der Waals surface area contributed by atoms with Crippen molar-refractivity contribution < 1.29 is 10.2 Å². The van der Waals surface area contributed by atoms with Gasteiger partial charge in [-0.1, -0.05) is 0 Å². The van der Waals surface area contributed by atoms with E-state index in [0.717, 1.165) is 0 Å². The lowest BCUT2D eigenvalue weighted by Gasteiger charge is -2.32. The largest absolute Gasteiger partial charge is 0.392 e. The summed E-state index contributed by atoms with van der Waals surface area (Å²) in [6.07, 6.45) is 1.21. The zero-order chi connectivity index (χ0) is 15.2. The zero-order valence-electron chi connectivity index (χ0n) is 11.7. The van der Waals surface area contributed by atoms with Crippen LogP contribution in [0.1, 0.15) is 19.4 Å². The Balaban J connectivity index is 2.11. The van der Waals surface area contributed by atoms with Gasteiger partial charge in [0.1, 0.15) is 5.52 Å². The van der Waals surface area contributed by atoms with Crippen LogP contribution in [0.5, 0.6) is 0 Å². The number of aliphatic hydroxyl groups is 2. The van der Waals surface area contributed by atoms with Crippen LogP contribution < -0.4 is 16.8 Å². The molecular weight excluding hydrogens is 274 g/mol. The minimum absolute atomic E-state index is 0.0583. The third kappa shape index (κ3) is 2.39. The van der Waals surface area contributed by atoms with Crippen LogP contribution in [0.25, 0.3) is 11.2 Å². The first-order chi connectivity index (χ1) is 9.88. The number of aliphatic hydroxyl groups excluding tert-OH is 1. The highest BCUT2D eigenvalue weighted by molar-refractivity contribution is 5.82. The Labute approximate surface area is 121 Å². The molecule has 1 aliphatic heterocycles. The summed E-state index contributed by atoms with van der Waals surface area (Å²) in [6.45, 7) is 2.59. The molecule has 0 unspecified atom stereocenters. The molecule has 0 aromatic carbocycles. The number of hydrogen-bond acceptors (Lipinski definition) is 8. The smallest absolute Gasteiger partial charge is 0.224 e. The number of nitrogen functional groups attached to an aromatic ring is 2. The lowest BCUT2D eigenvalue weighted by atomic mass is 9.91. The summed E-state index contributed by atoms with van der Waals surface area (Å²) < 4.78 is 1.73. The van der Waals surface area contributed by atoms with Gasteiger partial charge in [-0.25, -0.2) is 4.98 Å². The first-order valence-corrected chi connectivity index (χ1v) is 6.75. The summed E-state index contributed by atoms with van der Waals surface area (Å²) in [5.74, 6) is 0.264. The second kappa shape index (κ2) is 4.79. The predicted molar refractivity (Wildman–Crippen MR) is 77.3 cm³/mol. The molecule has 3 heterocycles. The molecule has 3 atom stereocenters. The summed E-state index contributed by atoms with van der Waals surface area (Å²) in [4.78, 5) is 12.3. The van der Waals surface area contributed by atoms with E-state index in [4.69, 9.17) is 11.5 Å². The van der Waals surface area contributed by atoms with E-state index in [1.54, 1.807) is 17.8 Å². The number of imidazole rings is 1. The topological polar surface area (TPSA) is 148 Å². The number of anilines is 2. The quantitative estimate of drug-likeness (QED) is 0.433. The number of β-amino-alcohol motifs (C(OH)–C–C–N with tert-alkyl or cyclic N) is 1. The highest BCUT2D eigenvalue weighted by Gasteiger charge is 2.38. The van der Waals surface area contributed by atoms with E-state index < -0.39 is 11.7 Å². The molecule has 9 nitrogen and oxygen atoms in total. The van der Waals surface area contributed by atoms with E-state index in [0.29, 0.717) is 24.3 Å². The molecule has 0 bridgehead atoms. The maximum Gasteiger partial charge on any atom is 0.224 e. The van der Waals surface area contributed by atoms with Crippen molar-refractivity contribution in [2.45, 2.75) is 31.1 Å². The summed E-state index contributed by atoms with van der Waals surface area (Å²) >= 11 is 0. The molecule has 9 heteroatoms. The first kappa shape index (κ1) is 14.0. The third-order valence-corrected chi connectivity index (χ3v) is 3.89. The molecule has 0 saturated carbocycles. The van der Waals surface area contributed by atoms with Crippen LogP contribution in [-0.2, 0) is 0 Å². The number of fused-ring (bicyclic) bond motifs is 1. The van der Waals surface area contributed by atoms with Gasteiger partial charge in [0.05, 0.1) is 24.1 Å². The highest BCUT2D eigenvalue weighted by atomic mass is 16.3. The summed E-state index contributed by atoms with van der Waals surface area (Å²) in [5, 5.41) is 23.6. The SMILES string of the molecule is C[C@]1(O)C[C@@H](O)CNC[C@@H]1n1cnc2c(N)nc(N)nc21. The number of nitrogens with zero attached hydrogens (tertiary/aromatic N) is 4. The predicted octanol–water partition coefficient (Wildman–Crippen LogP) is -1.36. The van der Waals surface area contributed by atoms with Crippen LogP contribution in [0, 0.1) is 0 Å². The molecule has 0 aliphatic carbocycles. The van der Waals surface area contributed by atoms with Crippen molar-refractivity contribution in [1.29, 1.82) is 0 Å². The molecule has 1 fully saturated rings. The molecule has 114 valence electrons. The highest BCUT2D eigenvalue weighted by Crippen LogP contribution is 2.31. The standard InChI is InChI=1S/C12H19N7O2/c1-12(21)2-6(20)3-15-4-7(12)19-5-16-8-9(13)17-11(14)18-10(8)19/h5-7,15,20-21H,2-4H2,1H3,(H4,13,14,17,18)/t6-,7+,12+/m1/s1. The van der Waals surface area contributed by atoms with Crippen molar-refractivity contribution >= 4 is 22.9 Å². The minimum Gasteiger partial charge on any atom is -0.392 e. The Morgan fingerprint density at radius 1 is 1.38 bits per heavy atom. The molecule has 1 saturated heterocycles. The van der Waals surface area contributed by atoms with E-state index in [1.165, 1.54) is 0 Å². The van der Waals surface area contributed by atoms with Gasteiger partial charge < -0.3 is 31.6 Å². The van der Waals surface area contributed by atoms with E-state index in [9.17, 15) is 10.2 Å². The summed E-state index contributed by atoms with van der Waals surface area (Å²) in [5.41, 5.74) is 11.2. The third-order valence-electron chi connectivity index (χ3n) is 3.89. The van der Waals surface area contributed by atoms with E-state index in [-0.39, 0.29) is 24.2 Å². The van der Waals surface area contributed by atoms with Crippen LogP contribution in [0.15, 0.2) is 6.33 Å². The Bertz CT molecular complexity index is 669. The number of nitrogens with two attached hydrogens (primary N) is 2. The van der Waals surface area contributed by atoms with Gasteiger partial charge in [-0.05, 0) is 6.92 Å². The van der Waals surface area contributed by atoms with Crippen molar-refractivity contribution in [3.8, 4) is 0 Å². The zero-order valence-corrected chi connectivity index (χ0v) is 11.7. The Kier molecular flexibility index (Phi) is 3.19. The number of rotatable bonds is 1. The first-order valence-electron chi connectivity index (χ1n) is 6.75. The van der Waals surface area contributed by atoms with Crippen LogP contribution in [0.3, 0.4) is 0 Å². The second-order valence-electron chi connectivity index (χ2n) is 5.68. The van der Waals surface area contributed by atoms with Crippen LogP contribution in [0.4, 0.5) is 11.8 Å². The van der Waals surface area contributed by atoms with Gasteiger partial charge in [0, 0.05) is 19.5 Å². The summed E-state index contributed by atoms with van der Waals surface area (Å²) in [6, 6.07) is -0.353. The van der Waals surface area contributed by atoms with E-state index >= 15 is 0 Å². The normalized spacial score (nSPS) is 30.4. The van der Waals surface area contributed by atoms with Gasteiger partial charge in [-0.3, -0.25) is 0 Å². The lowest BCUT2D eigenvalue weighted by molar-refractivity contribution is -0.0213. The van der Waals surface area contributed by atoms with Crippen molar-refractivity contribution in [3.63, 3.8) is 0 Å². The number of aromatic nitrogens is 4. The minimum atomic E-state index is -1.12.